The maximum absolute atomic E-state index is 12.8. The first-order valence-electron chi connectivity index (χ1n) is 9.05. The maximum Gasteiger partial charge on any atom is 0.293 e. The molecule has 0 atom stereocenters. The van der Waals surface area contributed by atoms with Crippen LogP contribution in [0.5, 0.6) is 5.75 Å². The lowest BCUT2D eigenvalue weighted by Crippen LogP contribution is -2.20. The molecule has 4 rings (SSSR count). The third-order valence-electron chi connectivity index (χ3n) is 4.15. The van der Waals surface area contributed by atoms with Crippen molar-refractivity contribution in [3.63, 3.8) is 0 Å². The maximum atomic E-state index is 12.8. The molecule has 13 heteroatoms. The second-order valence-electron chi connectivity index (χ2n) is 6.27. The fraction of sp³-hybridized carbons (Fsp3) is 0.0526. The molecule has 4 aromatic rings. The highest BCUT2D eigenvalue weighted by molar-refractivity contribution is 7.98. The first-order chi connectivity index (χ1) is 15.5. The van der Waals surface area contributed by atoms with Crippen LogP contribution in [0.25, 0.3) is 5.82 Å². The van der Waals surface area contributed by atoms with E-state index < -0.39 is 5.91 Å². The van der Waals surface area contributed by atoms with Gasteiger partial charge in [0, 0.05) is 21.2 Å². The number of benzene rings is 2. The van der Waals surface area contributed by atoms with Gasteiger partial charge in [-0.3, -0.25) is 4.79 Å². The van der Waals surface area contributed by atoms with Crippen LogP contribution in [-0.2, 0) is 5.75 Å². The van der Waals surface area contributed by atoms with Crippen LogP contribution < -0.4 is 11.2 Å². The van der Waals surface area contributed by atoms with E-state index in [0.29, 0.717) is 22.0 Å². The van der Waals surface area contributed by atoms with Crippen molar-refractivity contribution in [2.75, 3.05) is 5.73 Å². The molecule has 4 N–H and O–H groups in total. The standard InChI is InChI=1S/C19H15ClN8O3S/c20-12-6-7-15(29)11(8-12)9-22-24-19(30)16-14(10-32-13-4-2-1-3-5-13)28(27-23-16)18-17(21)25-31-26-18/h1-9,29H,10H2,(H2,21,25)(H,24,30)/b22-9+. The van der Waals surface area contributed by atoms with Gasteiger partial charge in [-0.2, -0.15) is 9.78 Å². The lowest BCUT2D eigenvalue weighted by Gasteiger charge is -2.06. The molecule has 2 heterocycles. The molecule has 32 heavy (non-hydrogen) atoms. The van der Waals surface area contributed by atoms with Gasteiger partial charge in [-0.05, 0) is 40.6 Å². The molecule has 0 aliphatic carbocycles. The average Bonchev–Trinajstić information content (AvgIpc) is 3.41. The summed E-state index contributed by atoms with van der Waals surface area (Å²) >= 11 is 7.38. The van der Waals surface area contributed by atoms with E-state index in [1.807, 2.05) is 30.3 Å². The molecule has 0 aliphatic heterocycles. The molecule has 0 fully saturated rings. The summed E-state index contributed by atoms with van der Waals surface area (Å²) in [5.41, 5.74) is 8.92. The average molecular weight is 471 g/mol. The van der Waals surface area contributed by atoms with E-state index in [4.69, 9.17) is 17.3 Å². The van der Waals surface area contributed by atoms with E-state index in [0.717, 1.165) is 4.90 Å². The van der Waals surface area contributed by atoms with Crippen molar-refractivity contribution in [2.24, 2.45) is 5.10 Å². The molecule has 0 aliphatic rings. The summed E-state index contributed by atoms with van der Waals surface area (Å²) in [7, 11) is 0. The van der Waals surface area contributed by atoms with Gasteiger partial charge in [0.15, 0.2) is 5.69 Å². The van der Waals surface area contributed by atoms with Gasteiger partial charge in [0.05, 0.1) is 11.9 Å². The Bertz CT molecular complexity index is 1270. The number of hydrazone groups is 1. The Hall–Kier alpha value is -3.90. The molecule has 162 valence electrons. The zero-order valence-electron chi connectivity index (χ0n) is 16.2. The number of rotatable bonds is 7. The molecule has 0 saturated carbocycles. The lowest BCUT2D eigenvalue weighted by atomic mass is 10.2. The molecule has 0 saturated heterocycles. The highest BCUT2D eigenvalue weighted by Gasteiger charge is 2.24. The van der Waals surface area contributed by atoms with Crippen molar-refractivity contribution in [1.82, 2.24) is 30.7 Å². The van der Waals surface area contributed by atoms with Crippen LogP contribution in [-0.4, -0.2) is 42.5 Å². The van der Waals surface area contributed by atoms with Crippen molar-refractivity contribution in [3.8, 4) is 11.6 Å². The molecule has 0 radical (unpaired) electrons. The monoisotopic (exact) mass is 470 g/mol. The quantitative estimate of drug-likeness (QED) is 0.210. The molecule has 2 aromatic heterocycles. The zero-order chi connectivity index (χ0) is 22.5. The Morgan fingerprint density at radius 3 is 2.84 bits per heavy atom. The second-order valence-corrected chi connectivity index (χ2v) is 7.76. The summed E-state index contributed by atoms with van der Waals surface area (Å²) in [4.78, 5) is 13.7. The highest BCUT2D eigenvalue weighted by Crippen LogP contribution is 2.26. The third-order valence-corrected chi connectivity index (χ3v) is 5.41. The van der Waals surface area contributed by atoms with Gasteiger partial charge in [0.1, 0.15) is 5.75 Å². The molecule has 0 spiro atoms. The van der Waals surface area contributed by atoms with E-state index in [1.165, 1.54) is 40.9 Å². The lowest BCUT2D eigenvalue weighted by molar-refractivity contribution is 0.0949. The van der Waals surface area contributed by atoms with Gasteiger partial charge >= 0.3 is 0 Å². The Morgan fingerprint density at radius 1 is 1.28 bits per heavy atom. The van der Waals surface area contributed by atoms with E-state index >= 15 is 0 Å². The Labute approximate surface area is 190 Å². The third kappa shape index (κ3) is 4.71. The van der Waals surface area contributed by atoms with Gasteiger partial charge in [-0.25, -0.2) is 10.1 Å². The minimum Gasteiger partial charge on any atom is -0.507 e. The van der Waals surface area contributed by atoms with Gasteiger partial charge in [-0.1, -0.05) is 35.0 Å². The number of aromatic hydroxyl groups is 1. The number of aromatic nitrogens is 5. The summed E-state index contributed by atoms with van der Waals surface area (Å²) in [6.07, 6.45) is 1.27. The number of phenols is 1. The van der Waals surface area contributed by atoms with E-state index in [2.05, 4.69) is 35.8 Å². The van der Waals surface area contributed by atoms with Gasteiger partial charge in [0.25, 0.3) is 5.91 Å². The number of nitrogen functional groups attached to an aromatic ring is 1. The second kappa shape index (κ2) is 9.49. The number of nitrogens with zero attached hydrogens (tertiary/aromatic N) is 6. The summed E-state index contributed by atoms with van der Waals surface area (Å²) in [6.45, 7) is 0. The number of thioether (sulfide) groups is 1. The largest absolute Gasteiger partial charge is 0.507 e. The minimum absolute atomic E-state index is 0.00210. The number of nitrogens with one attached hydrogen (secondary N) is 1. The number of carbonyl (C=O) groups excluding carboxylic acids is 1. The Kier molecular flexibility index (Phi) is 6.33. The zero-order valence-corrected chi connectivity index (χ0v) is 17.8. The number of phenolic OH excluding ortho intramolecular Hbond substituents is 1. The van der Waals surface area contributed by atoms with E-state index in [-0.39, 0.29) is 23.1 Å². The number of anilines is 1. The van der Waals surface area contributed by atoms with Crippen LogP contribution >= 0.6 is 23.4 Å². The summed E-state index contributed by atoms with van der Waals surface area (Å²) < 4.78 is 5.94. The number of amides is 1. The smallest absolute Gasteiger partial charge is 0.293 e. The first kappa shape index (κ1) is 21.3. The minimum atomic E-state index is -0.618. The summed E-state index contributed by atoms with van der Waals surface area (Å²) in [5, 5.41) is 29.4. The number of nitrogens with two attached hydrogens (primary N) is 1. The fourth-order valence-corrected chi connectivity index (χ4v) is 3.72. The molecule has 11 nitrogen and oxygen atoms in total. The predicted octanol–water partition coefficient (Wildman–Crippen LogP) is 2.65. The van der Waals surface area contributed by atoms with Crippen LogP contribution in [0.2, 0.25) is 5.02 Å². The first-order valence-corrected chi connectivity index (χ1v) is 10.4. The molecule has 0 unspecified atom stereocenters. The molecule has 2 aromatic carbocycles. The van der Waals surface area contributed by atoms with Crippen LogP contribution in [0.3, 0.4) is 0 Å². The van der Waals surface area contributed by atoms with Crippen LogP contribution in [0.15, 0.2) is 63.2 Å². The van der Waals surface area contributed by atoms with Crippen molar-refractivity contribution in [2.45, 2.75) is 10.6 Å². The van der Waals surface area contributed by atoms with Gasteiger partial charge in [0.2, 0.25) is 11.6 Å². The molecule has 0 bridgehead atoms. The molecular weight excluding hydrogens is 456 g/mol. The summed E-state index contributed by atoms with van der Waals surface area (Å²) in [5.74, 6) is -0.208. The van der Waals surface area contributed by atoms with Gasteiger partial charge < -0.3 is 10.8 Å². The van der Waals surface area contributed by atoms with Crippen molar-refractivity contribution in [1.29, 1.82) is 0 Å². The number of hydrogen-bond acceptors (Lipinski definition) is 10. The molecule has 1 amide bonds. The van der Waals surface area contributed by atoms with Crippen LogP contribution in [0.1, 0.15) is 21.7 Å². The fourth-order valence-electron chi connectivity index (χ4n) is 2.63. The number of hydrogen-bond donors (Lipinski definition) is 3. The van der Waals surface area contributed by atoms with Crippen molar-refractivity contribution < 1.29 is 14.5 Å². The van der Waals surface area contributed by atoms with Crippen LogP contribution in [0, 0.1) is 0 Å². The van der Waals surface area contributed by atoms with Crippen molar-refractivity contribution in [3.05, 3.63) is 70.5 Å². The highest BCUT2D eigenvalue weighted by atomic mass is 35.5. The van der Waals surface area contributed by atoms with E-state index in [1.54, 1.807) is 0 Å². The summed E-state index contributed by atoms with van der Waals surface area (Å²) in [6, 6.07) is 14.1. The number of carbonyl (C=O) groups is 1. The normalized spacial score (nSPS) is 11.2. The van der Waals surface area contributed by atoms with Crippen LogP contribution in [0.4, 0.5) is 5.82 Å². The topological polar surface area (TPSA) is 157 Å². The molecular formula is C19H15ClN8O3S. The van der Waals surface area contributed by atoms with E-state index in [9.17, 15) is 9.90 Å². The van der Waals surface area contributed by atoms with Gasteiger partial charge in [-0.15, -0.1) is 16.9 Å². The SMILES string of the molecule is Nc1nonc1-n1nnc(C(=O)N/N=C/c2cc(Cl)ccc2O)c1CSc1ccccc1. The number of halogens is 1. The Balaban J connectivity index is 1.58. The Morgan fingerprint density at radius 2 is 2.09 bits per heavy atom. The van der Waals surface area contributed by atoms with Crippen molar-refractivity contribution >= 4 is 41.3 Å². The predicted molar refractivity (Wildman–Crippen MR) is 118 cm³/mol.